The minimum atomic E-state index is -0.476. The second-order valence-electron chi connectivity index (χ2n) is 5.68. The Hall–Kier alpha value is -1.84. The minimum absolute atomic E-state index is 0.0608. The van der Waals surface area contributed by atoms with Gasteiger partial charge in [0.1, 0.15) is 6.04 Å². The van der Waals surface area contributed by atoms with Crippen LogP contribution in [0.5, 0.6) is 0 Å². The highest BCUT2D eigenvalue weighted by Gasteiger charge is 2.23. The third-order valence-electron chi connectivity index (χ3n) is 3.59. The van der Waals surface area contributed by atoms with E-state index in [1.165, 1.54) is 12.5 Å². The Morgan fingerprint density at radius 2 is 1.76 bits per heavy atom. The number of carbonyl (C=O) groups is 2. The lowest BCUT2D eigenvalue weighted by molar-refractivity contribution is -0.129. The van der Waals surface area contributed by atoms with Crippen molar-refractivity contribution in [2.24, 2.45) is 5.92 Å². The zero-order chi connectivity index (χ0) is 15.8. The largest absolute Gasteiger partial charge is 0.354 e. The van der Waals surface area contributed by atoms with E-state index in [4.69, 9.17) is 0 Å². The van der Waals surface area contributed by atoms with Gasteiger partial charge in [-0.1, -0.05) is 51.1 Å². The zero-order valence-electron chi connectivity index (χ0n) is 13.3. The standard InChI is InChI=1S/C17H26N2O2/c1-5-14(15-9-7-6-8-10-15)11-18-17(21)16(12(2)3)19-13(4)20/h6-10,12,14,16H,5,11H2,1-4H3,(H,18,21)(H,19,20). The average molecular weight is 290 g/mol. The predicted octanol–water partition coefficient (Wildman–Crippen LogP) is 2.46. The van der Waals surface area contributed by atoms with E-state index in [0.717, 1.165) is 6.42 Å². The summed E-state index contributed by atoms with van der Waals surface area (Å²) in [5, 5.41) is 5.67. The molecule has 2 unspecified atom stereocenters. The van der Waals surface area contributed by atoms with Gasteiger partial charge >= 0.3 is 0 Å². The molecule has 116 valence electrons. The fourth-order valence-corrected chi connectivity index (χ4v) is 2.31. The molecule has 0 saturated carbocycles. The van der Waals surface area contributed by atoms with Crippen molar-refractivity contribution in [2.75, 3.05) is 6.54 Å². The van der Waals surface area contributed by atoms with Crippen LogP contribution in [0, 0.1) is 5.92 Å². The van der Waals surface area contributed by atoms with Crippen LogP contribution >= 0.6 is 0 Å². The van der Waals surface area contributed by atoms with Gasteiger partial charge < -0.3 is 10.6 Å². The molecule has 0 fully saturated rings. The Morgan fingerprint density at radius 1 is 1.14 bits per heavy atom. The average Bonchev–Trinajstić information content (AvgIpc) is 2.46. The normalized spacial score (nSPS) is 13.6. The van der Waals surface area contributed by atoms with Crippen LogP contribution in [0.3, 0.4) is 0 Å². The highest BCUT2D eigenvalue weighted by atomic mass is 16.2. The van der Waals surface area contributed by atoms with Crippen molar-refractivity contribution >= 4 is 11.8 Å². The molecule has 0 spiro atoms. The first-order valence-electron chi connectivity index (χ1n) is 7.55. The summed E-state index contributed by atoms with van der Waals surface area (Å²) >= 11 is 0. The topological polar surface area (TPSA) is 58.2 Å². The van der Waals surface area contributed by atoms with Crippen LogP contribution in [0.4, 0.5) is 0 Å². The molecule has 4 nitrogen and oxygen atoms in total. The molecule has 0 aliphatic heterocycles. The van der Waals surface area contributed by atoms with E-state index in [2.05, 4.69) is 29.7 Å². The predicted molar refractivity (Wildman–Crippen MR) is 84.9 cm³/mol. The van der Waals surface area contributed by atoms with E-state index in [1.54, 1.807) is 0 Å². The lowest BCUT2D eigenvalue weighted by Gasteiger charge is -2.23. The molecular weight excluding hydrogens is 264 g/mol. The van der Waals surface area contributed by atoms with E-state index < -0.39 is 6.04 Å². The van der Waals surface area contributed by atoms with Crippen LogP contribution < -0.4 is 10.6 Å². The van der Waals surface area contributed by atoms with Gasteiger partial charge in [-0.25, -0.2) is 0 Å². The minimum Gasteiger partial charge on any atom is -0.354 e. The Kier molecular flexibility index (Phi) is 6.92. The van der Waals surface area contributed by atoms with Crippen molar-refractivity contribution < 1.29 is 9.59 Å². The van der Waals surface area contributed by atoms with E-state index in [9.17, 15) is 9.59 Å². The maximum Gasteiger partial charge on any atom is 0.242 e. The lowest BCUT2D eigenvalue weighted by atomic mass is 9.96. The first-order valence-corrected chi connectivity index (χ1v) is 7.55. The summed E-state index contributed by atoms with van der Waals surface area (Å²) in [7, 11) is 0. The number of hydrogen-bond donors (Lipinski definition) is 2. The van der Waals surface area contributed by atoms with E-state index >= 15 is 0 Å². The second-order valence-corrected chi connectivity index (χ2v) is 5.68. The van der Waals surface area contributed by atoms with Crippen molar-refractivity contribution in [3.05, 3.63) is 35.9 Å². The third-order valence-corrected chi connectivity index (χ3v) is 3.59. The Labute approximate surface area is 127 Å². The number of rotatable bonds is 7. The molecule has 0 aromatic heterocycles. The fourth-order valence-electron chi connectivity index (χ4n) is 2.31. The summed E-state index contributed by atoms with van der Waals surface area (Å²) in [5.41, 5.74) is 1.22. The third kappa shape index (κ3) is 5.58. The van der Waals surface area contributed by atoms with Gasteiger partial charge in [0.2, 0.25) is 11.8 Å². The molecule has 0 aliphatic rings. The summed E-state index contributed by atoms with van der Waals surface area (Å²) in [6.45, 7) is 7.98. The number of amides is 2. The fraction of sp³-hybridized carbons (Fsp3) is 0.529. The summed E-state index contributed by atoms with van der Waals surface area (Å²) in [6.07, 6.45) is 0.955. The number of benzene rings is 1. The smallest absolute Gasteiger partial charge is 0.242 e. The van der Waals surface area contributed by atoms with Crippen molar-refractivity contribution in [1.29, 1.82) is 0 Å². The van der Waals surface area contributed by atoms with Gasteiger partial charge in [-0.3, -0.25) is 9.59 Å². The van der Waals surface area contributed by atoms with E-state index in [0.29, 0.717) is 12.5 Å². The lowest BCUT2D eigenvalue weighted by Crippen LogP contribution is -2.49. The van der Waals surface area contributed by atoms with Crippen molar-refractivity contribution in [1.82, 2.24) is 10.6 Å². The maximum atomic E-state index is 12.2. The van der Waals surface area contributed by atoms with Gasteiger partial charge in [-0.2, -0.15) is 0 Å². The van der Waals surface area contributed by atoms with Gasteiger partial charge in [-0.05, 0) is 17.9 Å². The summed E-state index contributed by atoms with van der Waals surface area (Å²) in [6, 6.07) is 9.68. The summed E-state index contributed by atoms with van der Waals surface area (Å²) < 4.78 is 0. The monoisotopic (exact) mass is 290 g/mol. The van der Waals surface area contributed by atoms with Crippen LogP contribution in [0.1, 0.15) is 45.6 Å². The van der Waals surface area contributed by atoms with E-state index in [1.807, 2.05) is 32.0 Å². The number of hydrogen-bond acceptors (Lipinski definition) is 2. The van der Waals surface area contributed by atoms with Crippen molar-refractivity contribution in [3.63, 3.8) is 0 Å². The van der Waals surface area contributed by atoms with Crippen molar-refractivity contribution in [2.45, 2.75) is 46.1 Å². The Morgan fingerprint density at radius 3 is 2.24 bits per heavy atom. The quantitative estimate of drug-likeness (QED) is 0.810. The molecule has 0 radical (unpaired) electrons. The van der Waals surface area contributed by atoms with Crippen LogP contribution in [0.2, 0.25) is 0 Å². The second kappa shape index (κ2) is 8.45. The summed E-state index contributed by atoms with van der Waals surface area (Å²) in [5.74, 6) is 0.0551. The van der Waals surface area contributed by atoms with Gasteiger partial charge in [0, 0.05) is 19.4 Å². The Balaban J connectivity index is 2.62. The van der Waals surface area contributed by atoms with E-state index in [-0.39, 0.29) is 17.7 Å². The first kappa shape index (κ1) is 17.2. The van der Waals surface area contributed by atoms with Crippen molar-refractivity contribution in [3.8, 4) is 0 Å². The van der Waals surface area contributed by atoms with Crippen LogP contribution in [0.15, 0.2) is 30.3 Å². The maximum absolute atomic E-state index is 12.2. The molecule has 2 atom stereocenters. The highest BCUT2D eigenvalue weighted by Crippen LogP contribution is 2.18. The van der Waals surface area contributed by atoms with Crippen LogP contribution in [-0.2, 0) is 9.59 Å². The molecular formula is C17H26N2O2. The van der Waals surface area contributed by atoms with Gasteiger partial charge in [0.15, 0.2) is 0 Å². The summed E-state index contributed by atoms with van der Waals surface area (Å²) in [4.78, 5) is 23.4. The number of nitrogens with one attached hydrogen (secondary N) is 2. The molecule has 0 saturated heterocycles. The zero-order valence-corrected chi connectivity index (χ0v) is 13.3. The van der Waals surface area contributed by atoms with Gasteiger partial charge in [0.25, 0.3) is 0 Å². The highest BCUT2D eigenvalue weighted by molar-refractivity contribution is 5.87. The SMILES string of the molecule is CCC(CNC(=O)C(NC(C)=O)C(C)C)c1ccccc1. The van der Waals surface area contributed by atoms with Gasteiger partial charge in [-0.15, -0.1) is 0 Å². The molecule has 0 bridgehead atoms. The molecule has 21 heavy (non-hydrogen) atoms. The molecule has 4 heteroatoms. The van der Waals surface area contributed by atoms with Crippen LogP contribution in [0.25, 0.3) is 0 Å². The molecule has 0 aliphatic carbocycles. The first-order chi connectivity index (χ1) is 9.95. The molecule has 1 rings (SSSR count). The molecule has 1 aromatic carbocycles. The van der Waals surface area contributed by atoms with Gasteiger partial charge in [0.05, 0.1) is 0 Å². The molecule has 2 N–H and O–H groups in total. The molecule has 0 heterocycles. The molecule has 2 amide bonds. The molecule has 1 aromatic rings. The van der Waals surface area contributed by atoms with Crippen LogP contribution in [-0.4, -0.2) is 24.4 Å². The Bertz CT molecular complexity index is 457. The number of carbonyl (C=O) groups excluding carboxylic acids is 2.